The third-order valence-corrected chi connectivity index (χ3v) is 9.46. The second kappa shape index (κ2) is 11.5. The quantitative estimate of drug-likeness (QED) is 0.150. The molecule has 232 valence electrons. The van der Waals surface area contributed by atoms with Crippen LogP contribution in [0.3, 0.4) is 0 Å². The number of nitrogens with two attached hydrogens (primary N) is 1. The van der Waals surface area contributed by atoms with Crippen LogP contribution in [0.25, 0.3) is 72.8 Å². The lowest BCUT2D eigenvalue weighted by Gasteiger charge is -2.11. The largest absolute Gasteiger partial charge is 0.383 e. The van der Waals surface area contributed by atoms with Crippen molar-refractivity contribution < 1.29 is 0 Å². The Morgan fingerprint density at radius 2 is 1.00 bits per heavy atom. The van der Waals surface area contributed by atoms with Gasteiger partial charge in [0.15, 0.2) is 0 Å². The second-order valence-electron chi connectivity index (χ2n) is 12.3. The molecule has 0 unspecified atom stereocenters. The van der Waals surface area contributed by atoms with E-state index in [1.807, 2.05) is 48.5 Å². The van der Waals surface area contributed by atoms with Gasteiger partial charge in [0.1, 0.15) is 11.7 Å². The van der Waals surface area contributed by atoms with Crippen LogP contribution in [0.5, 0.6) is 0 Å². The minimum atomic E-state index is 0.448. The van der Waals surface area contributed by atoms with E-state index in [0.29, 0.717) is 5.84 Å². The van der Waals surface area contributed by atoms with Crippen LogP contribution in [0.1, 0.15) is 5.56 Å². The van der Waals surface area contributed by atoms with E-state index in [1.165, 1.54) is 27.4 Å². The highest BCUT2D eigenvalue weighted by molar-refractivity contribution is 6.13. The van der Waals surface area contributed by atoms with Gasteiger partial charge in [-0.1, -0.05) is 128 Å². The van der Waals surface area contributed by atoms with Gasteiger partial charge in [0, 0.05) is 38.0 Å². The summed E-state index contributed by atoms with van der Waals surface area (Å²) in [6.07, 6.45) is 0. The van der Waals surface area contributed by atoms with Crippen molar-refractivity contribution in [3.8, 4) is 16.8 Å². The summed E-state index contributed by atoms with van der Waals surface area (Å²) in [5, 5.41) is 6.57. The smallest absolute Gasteiger partial charge is 0.147 e. The van der Waals surface area contributed by atoms with Gasteiger partial charge in [-0.05, 0) is 64.9 Å². The van der Waals surface area contributed by atoms with E-state index in [4.69, 9.17) is 10.7 Å². The molecule has 7 aromatic carbocycles. The first-order valence-corrected chi connectivity index (χ1v) is 16.5. The van der Waals surface area contributed by atoms with Crippen molar-refractivity contribution in [3.63, 3.8) is 0 Å². The Kier molecular flexibility index (Phi) is 6.73. The van der Waals surface area contributed by atoms with Gasteiger partial charge in [0.05, 0.1) is 22.1 Å². The number of amidine groups is 1. The number of benzene rings is 7. The SMILES string of the molecule is C=c1cccc/c1=C(/N=C(\N)c1ccccc1)n1c2ccccc2c2cc(-c3ccc4c(c3)c3ccccc3n4-c3ccccc3)ccc21. The molecule has 0 fully saturated rings. The monoisotopic (exact) mass is 628 g/mol. The minimum absolute atomic E-state index is 0.448. The summed E-state index contributed by atoms with van der Waals surface area (Å²) in [7, 11) is 0. The summed E-state index contributed by atoms with van der Waals surface area (Å²) in [5.74, 6) is 1.19. The molecule has 0 atom stereocenters. The van der Waals surface area contributed by atoms with Crippen molar-refractivity contribution in [1.29, 1.82) is 0 Å². The molecule has 2 aromatic heterocycles. The Bertz CT molecular complexity index is 2840. The zero-order valence-corrected chi connectivity index (χ0v) is 26.8. The summed E-state index contributed by atoms with van der Waals surface area (Å²) in [6, 6.07) is 59.3. The van der Waals surface area contributed by atoms with Crippen molar-refractivity contribution in [2.75, 3.05) is 0 Å². The Morgan fingerprint density at radius 1 is 0.490 bits per heavy atom. The highest BCUT2D eigenvalue weighted by Crippen LogP contribution is 2.38. The maximum absolute atomic E-state index is 6.70. The van der Waals surface area contributed by atoms with E-state index >= 15 is 0 Å². The third-order valence-electron chi connectivity index (χ3n) is 9.46. The van der Waals surface area contributed by atoms with E-state index < -0.39 is 0 Å². The zero-order valence-electron chi connectivity index (χ0n) is 26.8. The van der Waals surface area contributed by atoms with Crippen molar-refractivity contribution in [2.45, 2.75) is 0 Å². The molecular formula is C45H32N4. The molecule has 9 aromatic rings. The molecule has 0 aliphatic rings. The lowest BCUT2D eigenvalue weighted by atomic mass is 10.0. The van der Waals surface area contributed by atoms with Crippen molar-refractivity contribution in [2.24, 2.45) is 10.7 Å². The van der Waals surface area contributed by atoms with Gasteiger partial charge in [0.2, 0.25) is 0 Å². The molecule has 0 radical (unpaired) electrons. The second-order valence-corrected chi connectivity index (χ2v) is 12.3. The third kappa shape index (κ3) is 4.73. The number of hydrogen-bond acceptors (Lipinski definition) is 1. The fraction of sp³-hybridized carbons (Fsp3) is 0. The maximum Gasteiger partial charge on any atom is 0.147 e. The molecule has 0 spiro atoms. The molecule has 0 saturated carbocycles. The van der Waals surface area contributed by atoms with Crippen LogP contribution in [0, 0.1) is 0 Å². The molecule has 2 N–H and O–H groups in total. The highest BCUT2D eigenvalue weighted by Gasteiger charge is 2.17. The molecular weight excluding hydrogens is 597 g/mol. The lowest BCUT2D eigenvalue weighted by molar-refractivity contribution is 1.14. The lowest BCUT2D eigenvalue weighted by Crippen LogP contribution is -2.28. The summed E-state index contributed by atoms with van der Waals surface area (Å²) in [5.41, 5.74) is 15.5. The molecule has 2 heterocycles. The molecule has 9 rings (SSSR count). The molecule has 0 aliphatic carbocycles. The average Bonchev–Trinajstić information content (AvgIpc) is 3.67. The van der Waals surface area contributed by atoms with Crippen molar-refractivity contribution >= 4 is 61.8 Å². The predicted molar refractivity (Wildman–Crippen MR) is 206 cm³/mol. The van der Waals surface area contributed by atoms with E-state index in [2.05, 4.69) is 137 Å². The molecule has 4 heteroatoms. The molecule has 0 amide bonds. The molecule has 0 bridgehead atoms. The molecule has 0 saturated heterocycles. The van der Waals surface area contributed by atoms with Crippen LogP contribution in [0.4, 0.5) is 0 Å². The van der Waals surface area contributed by atoms with Gasteiger partial charge >= 0.3 is 0 Å². The Labute approximate surface area is 283 Å². The van der Waals surface area contributed by atoms with Crippen LogP contribution < -0.4 is 16.2 Å². The van der Waals surface area contributed by atoms with Crippen molar-refractivity contribution in [3.05, 3.63) is 186 Å². The average molecular weight is 629 g/mol. The summed E-state index contributed by atoms with van der Waals surface area (Å²) in [6.45, 7) is 4.37. The van der Waals surface area contributed by atoms with Gasteiger partial charge in [-0.15, -0.1) is 0 Å². The Balaban J connectivity index is 1.28. The zero-order chi connectivity index (χ0) is 32.9. The molecule has 4 nitrogen and oxygen atoms in total. The van der Waals surface area contributed by atoms with E-state index in [0.717, 1.165) is 54.9 Å². The van der Waals surface area contributed by atoms with Gasteiger partial charge in [-0.25, -0.2) is 4.99 Å². The maximum atomic E-state index is 6.70. The highest BCUT2D eigenvalue weighted by atomic mass is 15.1. The topological polar surface area (TPSA) is 48.2 Å². The standard InChI is InChI=1S/C45H32N4/c1-30-14-8-9-19-35(30)45(47-44(46)31-15-4-2-5-16-31)49-41-23-13-11-21-37(41)39-29-33(25-27-43(39)49)32-24-26-42-38(28-32)36-20-10-12-22-40(36)48(42)34-17-6-3-7-18-34/h2-29H,1H2,(H2,46,47)/b45-35+. The normalized spacial score (nSPS) is 12.7. The molecule has 49 heavy (non-hydrogen) atoms. The van der Waals surface area contributed by atoms with Crippen molar-refractivity contribution in [1.82, 2.24) is 9.13 Å². The molecule has 0 aliphatic heterocycles. The summed E-state index contributed by atoms with van der Waals surface area (Å²) >= 11 is 0. The Hall–Kier alpha value is -6.65. The number of hydrogen-bond donors (Lipinski definition) is 1. The predicted octanol–water partition coefficient (Wildman–Crippen LogP) is 8.99. The van der Waals surface area contributed by atoms with Crippen LogP contribution in [0.15, 0.2) is 175 Å². The fourth-order valence-corrected chi connectivity index (χ4v) is 7.15. The van der Waals surface area contributed by atoms with Gasteiger partial charge in [-0.3, -0.25) is 4.57 Å². The number of para-hydroxylation sites is 3. The van der Waals surface area contributed by atoms with Crippen LogP contribution in [-0.4, -0.2) is 15.0 Å². The van der Waals surface area contributed by atoms with E-state index in [1.54, 1.807) is 0 Å². The van der Waals surface area contributed by atoms with E-state index in [-0.39, 0.29) is 0 Å². The summed E-state index contributed by atoms with van der Waals surface area (Å²) in [4.78, 5) is 5.12. The number of aliphatic imine (C=N–C) groups is 1. The van der Waals surface area contributed by atoms with Crippen LogP contribution >= 0.6 is 0 Å². The fourth-order valence-electron chi connectivity index (χ4n) is 7.15. The van der Waals surface area contributed by atoms with Gasteiger partial charge in [-0.2, -0.15) is 0 Å². The number of rotatable bonds is 5. The summed E-state index contributed by atoms with van der Waals surface area (Å²) < 4.78 is 4.58. The first-order chi connectivity index (χ1) is 24.2. The minimum Gasteiger partial charge on any atom is -0.383 e. The van der Waals surface area contributed by atoms with Crippen LogP contribution in [-0.2, 0) is 0 Å². The first kappa shape index (κ1) is 28.6. The number of fused-ring (bicyclic) bond motifs is 6. The number of aromatic nitrogens is 2. The first-order valence-electron chi connectivity index (χ1n) is 16.5. The van der Waals surface area contributed by atoms with Gasteiger partial charge in [0.25, 0.3) is 0 Å². The van der Waals surface area contributed by atoms with E-state index in [9.17, 15) is 0 Å². The van der Waals surface area contributed by atoms with Crippen LogP contribution in [0.2, 0.25) is 0 Å². The Morgan fingerprint density at radius 3 is 1.71 bits per heavy atom. The van der Waals surface area contributed by atoms with Gasteiger partial charge < -0.3 is 10.3 Å². The number of nitrogens with zero attached hydrogens (tertiary/aromatic N) is 3.